The van der Waals surface area contributed by atoms with E-state index < -0.39 is 0 Å². The average Bonchev–Trinajstić information content (AvgIpc) is 2.49. The number of carbonyl (C=O) groups is 1. The molecule has 4 heteroatoms. The Kier molecular flexibility index (Phi) is 5.62. The van der Waals surface area contributed by atoms with E-state index in [1.165, 1.54) is 0 Å². The van der Waals surface area contributed by atoms with Gasteiger partial charge in [0.15, 0.2) is 0 Å². The lowest BCUT2D eigenvalue weighted by atomic mass is 9.82. The molecule has 0 saturated carbocycles. The normalized spacial score (nSPS) is 17.2. The first-order valence-corrected chi connectivity index (χ1v) is 7.67. The van der Waals surface area contributed by atoms with Crippen LogP contribution in [0.25, 0.3) is 0 Å². The highest BCUT2D eigenvalue weighted by molar-refractivity contribution is 5.78. The molecule has 1 aliphatic heterocycles. The summed E-state index contributed by atoms with van der Waals surface area (Å²) in [5.41, 5.74) is 1.18. The van der Waals surface area contributed by atoms with Crippen LogP contribution in [-0.2, 0) is 16.0 Å². The Labute approximate surface area is 126 Å². The van der Waals surface area contributed by atoms with Crippen LogP contribution in [0, 0.1) is 5.41 Å². The number of hydrogen-bond acceptors (Lipinski definition) is 3. The maximum absolute atomic E-state index is 12.0. The predicted octanol–water partition coefficient (Wildman–Crippen LogP) is 2.56. The van der Waals surface area contributed by atoms with Gasteiger partial charge in [0.1, 0.15) is 5.75 Å². The van der Waals surface area contributed by atoms with Gasteiger partial charge >= 0.3 is 0 Å². The van der Waals surface area contributed by atoms with E-state index in [4.69, 9.17) is 9.47 Å². The Bertz CT molecular complexity index is 450. The molecule has 4 nitrogen and oxygen atoms in total. The first-order chi connectivity index (χ1) is 10.1. The molecule has 0 aromatic heterocycles. The fourth-order valence-corrected chi connectivity index (χ4v) is 2.47. The Morgan fingerprint density at radius 3 is 2.57 bits per heavy atom. The fourth-order valence-electron chi connectivity index (χ4n) is 2.47. The van der Waals surface area contributed by atoms with Crippen molar-refractivity contribution in [2.24, 2.45) is 5.41 Å². The molecule has 1 N–H and O–H groups in total. The number of benzene rings is 1. The molecule has 1 heterocycles. The van der Waals surface area contributed by atoms with E-state index in [1.54, 1.807) is 0 Å². The van der Waals surface area contributed by atoms with Gasteiger partial charge in [-0.25, -0.2) is 0 Å². The molecule has 1 fully saturated rings. The molecule has 116 valence electrons. The molecule has 0 unspecified atom stereocenters. The van der Waals surface area contributed by atoms with Crippen molar-refractivity contribution in [3.05, 3.63) is 29.8 Å². The molecule has 1 aromatic rings. The summed E-state index contributed by atoms with van der Waals surface area (Å²) < 4.78 is 10.8. The van der Waals surface area contributed by atoms with E-state index >= 15 is 0 Å². The lowest BCUT2D eigenvalue weighted by Gasteiger charge is -2.33. The summed E-state index contributed by atoms with van der Waals surface area (Å²) in [6.45, 7) is 7.15. The highest BCUT2D eigenvalue weighted by Crippen LogP contribution is 2.28. The number of hydrogen-bond donors (Lipinski definition) is 1. The van der Waals surface area contributed by atoms with Crippen molar-refractivity contribution in [2.75, 3.05) is 26.4 Å². The van der Waals surface area contributed by atoms with Gasteiger partial charge in [0.2, 0.25) is 5.91 Å². The van der Waals surface area contributed by atoms with E-state index in [0.29, 0.717) is 13.0 Å². The van der Waals surface area contributed by atoms with Crippen molar-refractivity contribution >= 4 is 5.91 Å². The SMILES string of the molecule is CCOc1ccc(CC(=O)NCC2(C)CCOCC2)cc1. The molecule has 0 radical (unpaired) electrons. The van der Waals surface area contributed by atoms with Crippen molar-refractivity contribution in [1.82, 2.24) is 5.32 Å². The molecular weight excluding hydrogens is 266 g/mol. The monoisotopic (exact) mass is 291 g/mol. The second kappa shape index (κ2) is 7.46. The number of ether oxygens (including phenoxy) is 2. The molecule has 1 saturated heterocycles. The van der Waals surface area contributed by atoms with Crippen LogP contribution in [0.1, 0.15) is 32.3 Å². The molecule has 0 spiro atoms. The Balaban J connectivity index is 1.78. The second-order valence-electron chi connectivity index (χ2n) is 5.95. The summed E-state index contributed by atoms with van der Waals surface area (Å²) >= 11 is 0. The largest absolute Gasteiger partial charge is 0.494 e. The van der Waals surface area contributed by atoms with Gasteiger partial charge in [-0.1, -0.05) is 19.1 Å². The minimum atomic E-state index is 0.0758. The summed E-state index contributed by atoms with van der Waals surface area (Å²) in [5, 5.41) is 3.06. The van der Waals surface area contributed by atoms with Gasteiger partial charge in [0.25, 0.3) is 0 Å². The Morgan fingerprint density at radius 1 is 1.29 bits per heavy atom. The summed E-state index contributed by atoms with van der Waals surface area (Å²) in [4.78, 5) is 12.0. The highest BCUT2D eigenvalue weighted by atomic mass is 16.5. The van der Waals surface area contributed by atoms with Crippen LogP contribution in [0.5, 0.6) is 5.75 Å². The number of nitrogens with one attached hydrogen (secondary N) is 1. The lowest BCUT2D eigenvalue weighted by molar-refractivity contribution is -0.121. The highest BCUT2D eigenvalue weighted by Gasteiger charge is 2.27. The molecular formula is C17H25NO3. The zero-order valence-corrected chi connectivity index (χ0v) is 13.0. The van der Waals surface area contributed by atoms with Gasteiger partial charge in [-0.15, -0.1) is 0 Å². The first-order valence-electron chi connectivity index (χ1n) is 7.67. The molecule has 2 rings (SSSR count). The zero-order valence-electron chi connectivity index (χ0n) is 13.0. The third-order valence-corrected chi connectivity index (χ3v) is 4.01. The van der Waals surface area contributed by atoms with Crippen molar-refractivity contribution in [2.45, 2.75) is 33.1 Å². The molecule has 1 aromatic carbocycles. The van der Waals surface area contributed by atoms with Gasteiger partial charge in [0, 0.05) is 19.8 Å². The van der Waals surface area contributed by atoms with Crippen LogP contribution in [0.2, 0.25) is 0 Å². The first kappa shape index (κ1) is 15.8. The minimum Gasteiger partial charge on any atom is -0.494 e. The minimum absolute atomic E-state index is 0.0758. The lowest BCUT2D eigenvalue weighted by Crippen LogP contribution is -2.39. The van der Waals surface area contributed by atoms with Crippen LogP contribution < -0.4 is 10.1 Å². The summed E-state index contributed by atoms with van der Waals surface area (Å²) in [6.07, 6.45) is 2.44. The summed E-state index contributed by atoms with van der Waals surface area (Å²) in [5.74, 6) is 0.920. The third-order valence-electron chi connectivity index (χ3n) is 4.01. The standard InChI is InChI=1S/C17H25NO3/c1-3-21-15-6-4-14(5-7-15)12-16(19)18-13-17(2)8-10-20-11-9-17/h4-7H,3,8-13H2,1-2H3,(H,18,19). The molecule has 0 aliphatic carbocycles. The maximum atomic E-state index is 12.0. The van der Waals surface area contributed by atoms with Gasteiger partial charge in [0.05, 0.1) is 13.0 Å². The van der Waals surface area contributed by atoms with E-state index in [2.05, 4.69) is 12.2 Å². The Morgan fingerprint density at radius 2 is 1.95 bits per heavy atom. The van der Waals surface area contributed by atoms with Crippen molar-refractivity contribution in [3.63, 3.8) is 0 Å². The van der Waals surface area contributed by atoms with Gasteiger partial charge < -0.3 is 14.8 Å². The van der Waals surface area contributed by atoms with Crippen LogP contribution in [-0.4, -0.2) is 32.3 Å². The quantitative estimate of drug-likeness (QED) is 0.876. The van der Waals surface area contributed by atoms with Crippen LogP contribution >= 0.6 is 0 Å². The Hall–Kier alpha value is -1.55. The van der Waals surface area contributed by atoms with E-state index in [1.807, 2.05) is 31.2 Å². The van der Waals surface area contributed by atoms with Gasteiger partial charge in [-0.2, -0.15) is 0 Å². The smallest absolute Gasteiger partial charge is 0.224 e. The molecule has 21 heavy (non-hydrogen) atoms. The van der Waals surface area contributed by atoms with Gasteiger partial charge in [-0.3, -0.25) is 4.79 Å². The maximum Gasteiger partial charge on any atom is 0.224 e. The topological polar surface area (TPSA) is 47.6 Å². The number of amides is 1. The molecule has 0 bridgehead atoms. The summed E-state index contributed by atoms with van der Waals surface area (Å²) in [7, 11) is 0. The van der Waals surface area contributed by atoms with Crippen molar-refractivity contribution in [3.8, 4) is 5.75 Å². The van der Waals surface area contributed by atoms with Crippen LogP contribution in [0.3, 0.4) is 0 Å². The number of rotatable bonds is 6. The number of carbonyl (C=O) groups excluding carboxylic acids is 1. The molecule has 1 amide bonds. The van der Waals surface area contributed by atoms with Crippen molar-refractivity contribution < 1.29 is 14.3 Å². The predicted molar refractivity (Wildman–Crippen MR) is 82.5 cm³/mol. The van der Waals surface area contributed by atoms with E-state index in [9.17, 15) is 4.79 Å². The van der Waals surface area contributed by atoms with E-state index in [0.717, 1.165) is 43.9 Å². The van der Waals surface area contributed by atoms with Gasteiger partial charge in [-0.05, 0) is 42.9 Å². The molecule has 1 aliphatic rings. The van der Waals surface area contributed by atoms with Crippen LogP contribution in [0.15, 0.2) is 24.3 Å². The third kappa shape index (κ3) is 5.05. The average molecular weight is 291 g/mol. The fraction of sp³-hybridized carbons (Fsp3) is 0.588. The summed E-state index contributed by atoms with van der Waals surface area (Å²) in [6, 6.07) is 7.71. The van der Waals surface area contributed by atoms with Crippen molar-refractivity contribution in [1.29, 1.82) is 0 Å². The zero-order chi connectivity index (χ0) is 15.1. The molecule has 0 atom stereocenters. The van der Waals surface area contributed by atoms with Crippen LogP contribution in [0.4, 0.5) is 0 Å². The van der Waals surface area contributed by atoms with E-state index in [-0.39, 0.29) is 11.3 Å². The second-order valence-corrected chi connectivity index (χ2v) is 5.95.